The fraction of sp³-hybridized carbons (Fsp3) is 0. The zero-order chi connectivity index (χ0) is 8.10. The maximum atomic E-state index is 9.93. The van der Waals surface area contributed by atoms with Gasteiger partial charge in [-0.15, -0.1) is 0 Å². The van der Waals surface area contributed by atoms with E-state index in [1.165, 1.54) is 6.34 Å². The lowest BCUT2D eigenvalue weighted by Crippen LogP contribution is -2.21. The fourth-order valence-corrected chi connectivity index (χ4v) is 0.590. The summed E-state index contributed by atoms with van der Waals surface area (Å²) in [6.45, 7) is 0. The Labute approximate surface area is 62.4 Å². The van der Waals surface area contributed by atoms with Gasteiger partial charge in [0.25, 0.3) is 0 Å². The van der Waals surface area contributed by atoms with Crippen molar-refractivity contribution >= 4 is 19.2 Å². The molecule has 0 fully saturated rings. The van der Waals surface area contributed by atoms with E-state index >= 15 is 0 Å². The number of carbonyl (C=O) groups excluding carboxylic acids is 2. The van der Waals surface area contributed by atoms with Gasteiger partial charge in [-0.05, 0) is 0 Å². The number of carbonyl (C=O) groups is 2. The molecule has 57 valence electrons. The second-order valence-electron chi connectivity index (χ2n) is 1.60. The van der Waals surface area contributed by atoms with Crippen molar-refractivity contribution in [1.82, 2.24) is 16.0 Å². The molecule has 0 unspecified atom stereocenters. The molecule has 1 aliphatic rings. The zero-order valence-corrected chi connectivity index (χ0v) is 5.44. The fourth-order valence-electron chi connectivity index (χ4n) is 0.590. The van der Waals surface area contributed by atoms with E-state index in [0.717, 1.165) is 0 Å². The van der Waals surface area contributed by atoms with Crippen molar-refractivity contribution in [3.8, 4) is 0 Å². The van der Waals surface area contributed by atoms with Crippen LogP contribution in [0.4, 0.5) is 0 Å². The highest BCUT2D eigenvalue weighted by molar-refractivity contribution is 5.67. The minimum Gasteiger partial charge on any atom is -0.310 e. The average molecular weight is 153 g/mol. The average Bonchev–Trinajstić information content (AvgIpc) is 2.39. The van der Waals surface area contributed by atoms with Crippen LogP contribution in [-0.4, -0.2) is 19.2 Å². The summed E-state index contributed by atoms with van der Waals surface area (Å²) in [5.74, 6) is 0.485. The molecule has 6 heteroatoms. The van der Waals surface area contributed by atoms with Crippen molar-refractivity contribution in [3.63, 3.8) is 0 Å². The number of nitrogens with one attached hydrogen (secondary N) is 2. The predicted octanol–water partition coefficient (Wildman–Crippen LogP) is -1.75. The predicted molar refractivity (Wildman–Crippen MR) is 36.1 cm³/mol. The third-order valence-electron chi connectivity index (χ3n) is 0.989. The molecule has 0 saturated carbocycles. The summed E-state index contributed by atoms with van der Waals surface area (Å²) in [4.78, 5) is 23.5. The van der Waals surface area contributed by atoms with Crippen molar-refractivity contribution in [2.45, 2.75) is 0 Å². The van der Waals surface area contributed by atoms with Crippen LogP contribution in [0.3, 0.4) is 0 Å². The molecule has 0 aromatic carbocycles. The number of amides is 2. The van der Waals surface area contributed by atoms with Crippen LogP contribution < -0.4 is 16.0 Å². The van der Waals surface area contributed by atoms with Crippen LogP contribution in [0.5, 0.6) is 0 Å². The molecule has 2 N–H and O–H groups in total. The van der Waals surface area contributed by atoms with E-state index in [4.69, 9.17) is 0 Å². The summed E-state index contributed by atoms with van der Waals surface area (Å²) >= 11 is 0. The molecule has 1 rings (SSSR count). The monoisotopic (exact) mass is 153 g/mol. The molecule has 1 aliphatic heterocycles. The van der Waals surface area contributed by atoms with Gasteiger partial charge in [-0.25, -0.2) is 10.3 Å². The standard InChI is InChI=1S/C5H5N4O2/c10-2-8-4-5(9-3-11)7-1-6-4/h1-3H,(H,8,10)(H,9,11). The van der Waals surface area contributed by atoms with Crippen molar-refractivity contribution in [1.29, 1.82) is 0 Å². The Morgan fingerprint density at radius 3 is 2.45 bits per heavy atom. The Balaban J connectivity index is 2.65. The molecule has 0 saturated heterocycles. The van der Waals surface area contributed by atoms with Gasteiger partial charge in [0.05, 0.1) is 0 Å². The van der Waals surface area contributed by atoms with Crippen molar-refractivity contribution in [3.05, 3.63) is 11.6 Å². The lowest BCUT2D eigenvalue weighted by molar-refractivity contribution is -0.110. The second-order valence-corrected chi connectivity index (χ2v) is 1.60. The van der Waals surface area contributed by atoms with Crippen LogP contribution in [0.25, 0.3) is 0 Å². The molecule has 1 radical (unpaired) electrons. The highest BCUT2D eigenvalue weighted by atomic mass is 16.1. The molecular weight excluding hydrogens is 148 g/mol. The smallest absolute Gasteiger partial charge is 0.212 e. The first kappa shape index (κ1) is 7.26. The third kappa shape index (κ3) is 1.54. The third-order valence-corrected chi connectivity index (χ3v) is 0.989. The summed E-state index contributed by atoms with van der Waals surface area (Å²) in [6.07, 6.45) is 2.15. The molecule has 0 spiro atoms. The molecule has 0 aromatic rings. The molecule has 6 nitrogen and oxygen atoms in total. The van der Waals surface area contributed by atoms with E-state index in [-0.39, 0.29) is 11.6 Å². The van der Waals surface area contributed by atoms with E-state index < -0.39 is 0 Å². The van der Waals surface area contributed by atoms with Crippen molar-refractivity contribution in [2.75, 3.05) is 0 Å². The van der Waals surface area contributed by atoms with Crippen molar-refractivity contribution < 1.29 is 9.59 Å². The highest BCUT2D eigenvalue weighted by Crippen LogP contribution is 2.00. The number of rotatable bonds is 4. The molecular formula is C5H5N4O2. The van der Waals surface area contributed by atoms with Gasteiger partial charge in [0, 0.05) is 0 Å². The summed E-state index contributed by atoms with van der Waals surface area (Å²) in [5, 5.41) is 8.18. The van der Waals surface area contributed by atoms with Gasteiger partial charge in [-0.3, -0.25) is 9.59 Å². The Kier molecular flexibility index (Phi) is 2.21. The van der Waals surface area contributed by atoms with Crippen LogP contribution in [0.15, 0.2) is 16.6 Å². The highest BCUT2D eigenvalue weighted by Gasteiger charge is 2.09. The van der Waals surface area contributed by atoms with Gasteiger partial charge in [0.1, 0.15) is 6.34 Å². The maximum Gasteiger partial charge on any atom is 0.212 e. The SMILES string of the molecule is O=CNC1=C(NC=O)N=C[N]1. The minimum absolute atomic E-state index is 0.243. The lowest BCUT2D eigenvalue weighted by Gasteiger charge is -1.98. The molecule has 11 heavy (non-hydrogen) atoms. The van der Waals surface area contributed by atoms with Gasteiger partial charge in [0.2, 0.25) is 12.8 Å². The molecule has 1 heterocycles. The Morgan fingerprint density at radius 2 is 1.82 bits per heavy atom. The van der Waals surface area contributed by atoms with Gasteiger partial charge >= 0.3 is 0 Å². The van der Waals surface area contributed by atoms with Crippen LogP contribution in [-0.2, 0) is 9.59 Å². The van der Waals surface area contributed by atoms with Crippen LogP contribution in [0.2, 0.25) is 0 Å². The van der Waals surface area contributed by atoms with Crippen LogP contribution in [0, 0.1) is 0 Å². The first-order chi connectivity index (χ1) is 5.38. The quantitative estimate of drug-likeness (QED) is 0.469. The Morgan fingerprint density at radius 1 is 1.18 bits per heavy atom. The molecule has 0 aliphatic carbocycles. The number of hydrogen-bond acceptors (Lipinski definition) is 3. The summed E-state index contributed by atoms with van der Waals surface area (Å²) in [5.41, 5.74) is 0. The van der Waals surface area contributed by atoms with Crippen LogP contribution >= 0.6 is 0 Å². The van der Waals surface area contributed by atoms with E-state index in [9.17, 15) is 9.59 Å². The topological polar surface area (TPSA) is 84.7 Å². The first-order valence-corrected chi connectivity index (χ1v) is 2.76. The van der Waals surface area contributed by atoms with E-state index in [1.54, 1.807) is 0 Å². The van der Waals surface area contributed by atoms with E-state index in [2.05, 4.69) is 20.9 Å². The summed E-state index contributed by atoms with van der Waals surface area (Å²) in [6, 6.07) is 0. The second kappa shape index (κ2) is 3.35. The Bertz CT molecular complexity index is 233. The van der Waals surface area contributed by atoms with Crippen molar-refractivity contribution in [2.24, 2.45) is 4.99 Å². The van der Waals surface area contributed by atoms with Gasteiger partial charge in [0.15, 0.2) is 11.6 Å². The number of aliphatic imine (C=N–C) groups is 1. The van der Waals surface area contributed by atoms with Gasteiger partial charge < -0.3 is 10.6 Å². The van der Waals surface area contributed by atoms with E-state index in [0.29, 0.717) is 12.8 Å². The summed E-state index contributed by atoms with van der Waals surface area (Å²) in [7, 11) is 0. The molecule has 0 atom stereocenters. The molecule has 2 amide bonds. The maximum absolute atomic E-state index is 9.93. The van der Waals surface area contributed by atoms with Gasteiger partial charge in [-0.1, -0.05) is 0 Å². The van der Waals surface area contributed by atoms with Gasteiger partial charge in [-0.2, -0.15) is 0 Å². The minimum atomic E-state index is 0.243. The zero-order valence-electron chi connectivity index (χ0n) is 5.44. The molecule has 0 bridgehead atoms. The van der Waals surface area contributed by atoms with E-state index in [1.807, 2.05) is 0 Å². The van der Waals surface area contributed by atoms with Crippen LogP contribution in [0.1, 0.15) is 0 Å². The number of hydrogen-bond donors (Lipinski definition) is 2. The summed E-state index contributed by atoms with van der Waals surface area (Å²) < 4.78 is 0. The first-order valence-electron chi connectivity index (χ1n) is 2.76. The number of nitrogens with zero attached hydrogens (tertiary/aromatic N) is 2. The normalized spacial score (nSPS) is 14.2. The lowest BCUT2D eigenvalue weighted by atomic mass is 10.6. The molecule has 0 aromatic heterocycles. The largest absolute Gasteiger partial charge is 0.310 e. The Hall–Kier alpha value is -1.85.